The van der Waals surface area contributed by atoms with Crippen molar-refractivity contribution >= 4 is 5.91 Å². The third kappa shape index (κ3) is 7.51. The van der Waals surface area contributed by atoms with Gasteiger partial charge in [0, 0.05) is 51.9 Å². The van der Waals surface area contributed by atoms with Gasteiger partial charge in [0.15, 0.2) is 6.10 Å². The second kappa shape index (κ2) is 12.6. The molecule has 0 saturated carbocycles. The van der Waals surface area contributed by atoms with Gasteiger partial charge in [-0.15, -0.1) is 0 Å². The number of carbonyl (C=O) groups excluding carboxylic acids is 1. The number of likely N-dealkylation sites (tertiary alicyclic amines) is 1. The fourth-order valence-corrected chi connectivity index (χ4v) is 5.90. The molecule has 2 N–H and O–H groups in total. The third-order valence-corrected chi connectivity index (χ3v) is 8.03. The van der Waals surface area contributed by atoms with E-state index in [0.717, 1.165) is 19.5 Å². The highest BCUT2D eigenvalue weighted by Crippen LogP contribution is 2.31. The van der Waals surface area contributed by atoms with Crippen molar-refractivity contribution in [3.05, 3.63) is 59.2 Å². The Labute approximate surface area is 238 Å². The molecule has 5 rings (SSSR count). The number of hydrogen-bond acceptors (Lipinski definition) is 7. The van der Waals surface area contributed by atoms with Crippen LogP contribution in [0.4, 0.5) is 13.2 Å². The van der Waals surface area contributed by atoms with Crippen LogP contribution in [0, 0.1) is 0 Å². The number of hydrogen-bond donors (Lipinski definition) is 2. The summed E-state index contributed by atoms with van der Waals surface area (Å²) in [5, 5.41) is 20.2. The van der Waals surface area contributed by atoms with E-state index in [-0.39, 0.29) is 24.7 Å². The molecule has 0 bridgehead atoms. The monoisotopic (exact) mass is 577 g/mol. The number of rotatable bonds is 8. The Morgan fingerprint density at radius 1 is 1.00 bits per heavy atom. The average Bonchev–Trinajstić information content (AvgIpc) is 3.04. The van der Waals surface area contributed by atoms with Crippen molar-refractivity contribution in [2.24, 2.45) is 0 Å². The number of carbonyl (C=O) groups is 1. The van der Waals surface area contributed by atoms with Gasteiger partial charge in [0.2, 0.25) is 0 Å². The van der Waals surface area contributed by atoms with Crippen LogP contribution in [0.1, 0.15) is 41.3 Å². The van der Waals surface area contributed by atoms with Crippen molar-refractivity contribution in [1.82, 2.24) is 14.7 Å². The average molecular weight is 578 g/mol. The van der Waals surface area contributed by atoms with Gasteiger partial charge in [0.05, 0.1) is 18.2 Å². The van der Waals surface area contributed by atoms with Crippen LogP contribution in [0.15, 0.2) is 42.5 Å². The molecule has 3 aliphatic heterocycles. The van der Waals surface area contributed by atoms with E-state index in [2.05, 4.69) is 17.0 Å². The van der Waals surface area contributed by atoms with Crippen molar-refractivity contribution in [3.8, 4) is 11.5 Å². The minimum Gasteiger partial charge on any atom is -0.490 e. The number of aliphatic hydroxyl groups excluding tert-OH is 2. The van der Waals surface area contributed by atoms with E-state index < -0.39 is 24.9 Å². The Morgan fingerprint density at radius 3 is 2.46 bits per heavy atom. The lowest BCUT2D eigenvalue weighted by atomic mass is 10.00. The van der Waals surface area contributed by atoms with Crippen molar-refractivity contribution < 1.29 is 37.7 Å². The van der Waals surface area contributed by atoms with Gasteiger partial charge >= 0.3 is 6.18 Å². The van der Waals surface area contributed by atoms with Crippen LogP contribution in [0.3, 0.4) is 0 Å². The molecule has 1 unspecified atom stereocenters. The summed E-state index contributed by atoms with van der Waals surface area (Å²) < 4.78 is 50.2. The van der Waals surface area contributed by atoms with Crippen LogP contribution in [0.5, 0.6) is 11.5 Å². The summed E-state index contributed by atoms with van der Waals surface area (Å²) in [5.41, 5.74) is 3.02. The maximum Gasteiger partial charge on any atom is 0.415 e. The van der Waals surface area contributed by atoms with Crippen LogP contribution in [0.25, 0.3) is 0 Å². The molecule has 2 aromatic rings. The number of β-amino-alcohol motifs (C(OH)–C–C–N with tert-alkyl or cyclic N) is 2. The van der Waals surface area contributed by atoms with Gasteiger partial charge in [0.25, 0.3) is 5.91 Å². The van der Waals surface area contributed by atoms with Gasteiger partial charge in [0.1, 0.15) is 23.7 Å². The van der Waals surface area contributed by atoms with Crippen LogP contribution >= 0.6 is 0 Å². The maximum absolute atomic E-state index is 13.4. The molecule has 1 saturated heterocycles. The smallest absolute Gasteiger partial charge is 0.415 e. The van der Waals surface area contributed by atoms with Crippen LogP contribution in [-0.2, 0) is 13.0 Å². The number of fused-ring (bicyclic) bond motifs is 2. The lowest BCUT2D eigenvalue weighted by Crippen LogP contribution is -2.45. The van der Waals surface area contributed by atoms with Crippen molar-refractivity contribution in [2.75, 3.05) is 45.8 Å². The largest absolute Gasteiger partial charge is 0.490 e. The summed E-state index contributed by atoms with van der Waals surface area (Å²) in [6.07, 6.45) is -6.20. The van der Waals surface area contributed by atoms with E-state index in [9.17, 15) is 28.2 Å². The Morgan fingerprint density at radius 2 is 1.73 bits per heavy atom. The van der Waals surface area contributed by atoms with Crippen molar-refractivity contribution in [1.29, 1.82) is 0 Å². The second-order valence-corrected chi connectivity index (χ2v) is 11.4. The van der Waals surface area contributed by atoms with Crippen LogP contribution in [0.2, 0.25) is 0 Å². The molecule has 1 fully saturated rings. The summed E-state index contributed by atoms with van der Waals surface area (Å²) >= 11 is 0. The Balaban J connectivity index is 1.15. The molecule has 0 aromatic heterocycles. The number of piperidine rings is 1. The zero-order valence-electron chi connectivity index (χ0n) is 23.2. The van der Waals surface area contributed by atoms with E-state index in [1.54, 1.807) is 28.0 Å². The molecule has 1 amide bonds. The topological polar surface area (TPSA) is 85.7 Å². The molecule has 41 heavy (non-hydrogen) atoms. The van der Waals surface area contributed by atoms with Crippen molar-refractivity contribution in [3.63, 3.8) is 0 Å². The molecule has 0 spiro atoms. The Hall–Kier alpha value is -2.86. The first-order chi connectivity index (χ1) is 19.5. The van der Waals surface area contributed by atoms with E-state index in [4.69, 9.17) is 9.47 Å². The molecule has 3 atom stereocenters. The number of alkyl halides is 3. The number of amides is 1. The van der Waals surface area contributed by atoms with E-state index in [1.807, 2.05) is 19.1 Å². The first-order valence-electron chi connectivity index (χ1n) is 14.3. The first kappa shape index (κ1) is 29.6. The highest BCUT2D eigenvalue weighted by atomic mass is 19.4. The maximum atomic E-state index is 13.4. The van der Waals surface area contributed by atoms with Gasteiger partial charge in [-0.25, -0.2) is 0 Å². The molecule has 224 valence electrons. The van der Waals surface area contributed by atoms with E-state index in [1.165, 1.54) is 11.1 Å². The summed E-state index contributed by atoms with van der Waals surface area (Å²) in [6.45, 7) is 4.85. The molecule has 0 radical (unpaired) electrons. The summed E-state index contributed by atoms with van der Waals surface area (Å²) in [6, 6.07) is 13.4. The molecule has 8 nitrogen and oxygen atoms in total. The van der Waals surface area contributed by atoms with Gasteiger partial charge in [-0.2, -0.15) is 13.2 Å². The summed E-state index contributed by atoms with van der Waals surface area (Å²) in [7, 11) is 0. The van der Waals surface area contributed by atoms with Gasteiger partial charge in [-0.05, 0) is 49.4 Å². The fraction of sp³-hybridized carbons (Fsp3) is 0.567. The summed E-state index contributed by atoms with van der Waals surface area (Å²) in [5.74, 6) is 0.724. The first-order valence-corrected chi connectivity index (χ1v) is 14.3. The lowest BCUT2D eigenvalue weighted by molar-refractivity contribution is -0.208. The number of nitrogens with zero attached hydrogens (tertiary/aromatic N) is 3. The number of halogens is 3. The van der Waals surface area contributed by atoms with E-state index in [0.29, 0.717) is 56.1 Å². The van der Waals surface area contributed by atoms with Gasteiger partial charge < -0.3 is 29.5 Å². The lowest BCUT2D eigenvalue weighted by Gasteiger charge is -2.33. The number of benzene rings is 2. The standard InChI is InChI=1S/C30H38F3N3O5/c1-20-15-36(18-23(37)17-35-11-8-21-4-2-3-5-22(21)16-35)29(39)26-7-6-25(14-27(26)40-20)41-24-9-12-34(13-10-24)19-28(38)30(31,32)33/h2-7,14,20,23-24,28,37-38H,8-13,15-19H2,1H3/t20-,23-,28?/m1/s1. The van der Waals surface area contributed by atoms with Crippen LogP contribution < -0.4 is 9.47 Å². The molecular formula is C30H38F3N3O5. The molecule has 2 aromatic carbocycles. The molecular weight excluding hydrogens is 539 g/mol. The third-order valence-electron chi connectivity index (χ3n) is 8.03. The highest BCUT2D eigenvalue weighted by Gasteiger charge is 2.39. The second-order valence-electron chi connectivity index (χ2n) is 11.4. The van der Waals surface area contributed by atoms with Gasteiger partial charge in [-0.3, -0.25) is 9.69 Å². The summed E-state index contributed by atoms with van der Waals surface area (Å²) in [4.78, 5) is 18.9. The zero-order valence-corrected chi connectivity index (χ0v) is 23.2. The number of aliphatic hydroxyl groups is 2. The Bertz CT molecular complexity index is 1200. The molecule has 3 aliphatic rings. The number of ether oxygens (including phenoxy) is 2. The quantitative estimate of drug-likeness (QED) is 0.499. The molecule has 11 heteroatoms. The van der Waals surface area contributed by atoms with Crippen molar-refractivity contribution in [2.45, 2.75) is 63.3 Å². The predicted molar refractivity (Wildman–Crippen MR) is 146 cm³/mol. The van der Waals surface area contributed by atoms with Crippen LogP contribution in [-0.4, -0.2) is 107 Å². The SMILES string of the molecule is C[C@@H]1CN(C[C@H](O)CN2CCc3ccccc3C2)C(=O)c2ccc(OC3CCN(CC(O)C(F)(F)F)CC3)cc2O1. The van der Waals surface area contributed by atoms with Gasteiger partial charge in [-0.1, -0.05) is 24.3 Å². The Kier molecular flexibility index (Phi) is 9.08. The normalized spacial score (nSPS) is 22.3. The molecule has 0 aliphatic carbocycles. The van der Waals surface area contributed by atoms with E-state index >= 15 is 0 Å². The predicted octanol–water partition coefficient (Wildman–Crippen LogP) is 3.10. The minimum absolute atomic E-state index is 0.195. The molecule has 3 heterocycles. The zero-order chi connectivity index (χ0) is 29.1. The fourth-order valence-electron chi connectivity index (χ4n) is 5.90. The minimum atomic E-state index is -4.63. The highest BCUT2D eigenvalue weighted by molar-refractivity contribution is 5.97.